The third kappa shape index (κ3) is 7.18. The van der Waals surface area contributed by atoms with E-state index in [2.05, 4.69) is 15.5 Å². The molecule has 0 unspecified atom stereocenters. The van der Waals surface area contributed by atoms with Crippen molar-refractivity contribution in [3.63, 3.8) is 0 Å². The number of ether oxygens (including phenoxy) is 3. The number of nitrogens with zero attached hydrogens (tertiary/aromatic N) is 1. The van der Waals surface area contributed by atoms with Gasteiger partial charge in [-0.2, -0.15) is 0 Å². The average molecular weight is 426 g/mol. The Bertz CT molecular complexity index is 547. The van der Waals surface area contributed by atoms with Crippen molar-refractivity contribution in [2.75, 3.05) is 46.0 Å². The highest BCUT2D eigenvalue weighted by Gasteiger charge is 2.40. The summed E-state index contributed by atoms with van der Waals surface area (Å²) in [5.41, 5.74) is 0. The van der Waals surface area contributed by atoms with Gasteiger partial charge >= 0.3 is 0 Å². The van der Waals surface area contributed by atoms with Gasteiger partial charge in [-0.25, -0.2) is 0 Å². The van der Waals surface area contributed by atoms with Gasteiger partial charge in [0.25, 0.3) is 0 Å². The van der Waals surface area contributed by atoms with Crippen LogP contribution in [-0.4, -0.2) is 80.6 Å². The quantitative estimate of drug-likeness (QED) is 0.544. The van der Waals surface area contributed by atoms with Crippen LogP contribution < -0.4 is 10.6 Å². The third-order valence-corrected chi connectivity index (χ3v) is 6.32. The Morgan fingerprint density at radius 2 is 1.77 bits per heavy atom. The van der Waals surface area contributed by atoms with Crippen LogP contribution in [0.5, 0.6) is 0 Å². The van der Waals surface area contributed by atoms with E-state index >= 15 is 0 Å². The number of likely N-dealkylation sites (tertiary alicyclic amines) is 1. The van der Waals surface area contributed by atoms with E-state index in [1.165, 1.54) is 0 Å². The maximum Gasteiger partial charge on any atom is 0.234 e. The van der Waals surface area contributed by atoms with Crippen LogP contribution in [0, 0.1) is 5.92 Å². The van der Waals surface area contributed by atoms with Crippen molar-refractivity contribution < 1.29 is 23.8 Å². The predicted molar refractivity (Wildman–Crippen MR) is 113 cm³/mol. The second-order valence-electron chi connectivity index (χ2n) is 9.06. The Kier molecular flexibility index (Phi) is 8.92. The molecule has 0 aromatic rings. The van der Waals surface area contributed by atoms with Crippen molar-refractivity contribution in [2.45, 2.75) is 76.7 Å². The van der Waals surface area contributed by atoms with Crippen LogP contribution in [0.2, 0.25) is 0 Å². The second-order valence-corrected chi connectivity index (χ2v) is 9.06. The Hall–Kier alpha value is -1.22. The molecular weight excluding hydrogens is 386 g/mol. The van der Waals surface area contributed by atoms with Gasteiger partial charge in [0.2, 0.25) is 11.8 Å². The minimum atomic E-state index is -0.384. The number of carbonyl (C=O) groups excluding carboxylic acids is 2. The van der Waals surface area contributed by atoms with Gasteiger partial charge in [0.15, 0.2) is 5.79 Å². The number of hydrogen-bond donors (Lipinski definition) is 2. The van der Waals surface area contributed by atoms with Gasteiger partial charge in [0.1, 0.15) is 0 Å². The number of hydrogen-bond acceptors (Lipinski definition) is 6. The highest BCUT2D eigenvalue weighted by atomic mass is 16.7. The van der Waals surface area contributed by atoms with Crippen molar-refractivity contribution in [2.24, 2.45) is 5.92 Å². The molecule has 0 atom stereocenters. The van der Waals surface area contributed by atoms with E-state index in [1.807, 2.05) is 13.8 Å². The summed E-state index contributed by atoms with van der Waals surface area (Å²) in [5.74, 6) is -0.116. The molecular formula is C22H39N3O5. The smallest absolute Gasteiger partial charge is 0.234 e. The molecule has 30 heavy (non-hydrogen) atoms. The van der Waals surface area contributed by atoms with Crippen LogP contribution in [0.4, 0.5) is 0 Å². The van der Waals surface area contributed by atoms with Crippen LogP contribution in [-0.2, 0) is 23.8 Å². The number of nitrogens with one attached hydrogen (secondary N) is 2. The zero-order valence-electron chi connectivity index (χ0n) is 18.6. The lowest BCUT2D eigenvalue weighted by atomic mass is 9.90. The summed E-state index contributed by atoms with van der Waals surface area (Å²) in [5, 5.41) is 6.19. The highest BCUT2D eigenvalue weighted by molar-refractivity contribution is 5.79. The number of carbonyl (C=O) groups is 2. The molecule has 0 aromatic heterocycles. The summed E-state index contributed by atoms with van der Waals surface area (Å²) in [7, 11) is 0. The molecule has 3 fully saturated rings. The monoisotopic (exact) mass is 425 g/mol. The average Bonchev–Trinajstić information content (AvgIpc) is 3.18. The van der Waals surface area contributed by atoms with E-state index in [0.717, 1.165) is 58.0 Å². The van der Waals surface area contributed by atoms with Crippen molar-refractivity contribution in [1.29, 1.82) is 0 Å². The molecule has 8 heteroatoms. The van der Waals surface area contributed by atoms with E-state index in [1.54, 1.807) is 0 Å². The van der Waals surface area contributed by atoms with Gasteiger partial charge < -0.3 is 24.8 Å². The molecule has 8 nitrogen and oxygen atoms in total. The normalized spacial score (nSPS) is 23.2. The first-order chi connectivity index (χ1) is 14.5. The fourth-order valence-corrected chi connectivity index (χ4v) is 4.56. The van der Waals surface area contributed by atoms with Gasteiger partial charge in [0, 0.05) is 38.0 Å². The predicted octanol–water partition coefficient (Wildman–Crippen LogP) is 1.43. The first kappa shape index (κ1) is 23.4. The highest BCUT2D eigenvalue weighted by Crippen LogP contribution is 2.35. The minimum Gasteiger partial charge on any atom is -0.379 e. The van der Waals surface area contributed by atoms with Crippen LogP contribution in [0.15, 0.2) is 0 Å². The molecule has 1 aliphatic carbocycles. The van der Waals surface area contributed by atoms with E-state index in [4.69, 9.17) is 14.2 Å². The van der Waals surface area contributed by atoms with Gasteiger partial charge in [-0.3, -0.25) is 14.5 Å². The molecule has 2 amide bonds. The second kappa shape index (κ2) is 11.4. The van der Waals surface area contributed by atoms with Crippen molar-refractivity contribution in [3.8, 4) is 0 Å². The molecule has 2 N–H and O–H groups in total. The van der Waals surface area contributed by atoms with E-state index in [9.17, 15) is 9.59 Å². The van der Waals surface area contributed by atoms with E-state index in [-0.39, 0.29) is 35.7 Å². The van der Waals surface area contributed by atoms with Crippen LogP contribution in [0.25, 0.3) is 0 Å². The van der Waals surface area contributed by atoms with E-state index < -0.39 is 0 Å². The summed E-state index contributed by atoms with van der Waals surface area (Å²) in [6.07, 6.45) is 6.18. The van der Waals surface area contributed by atoms with E-state index in [0.29, 0.717) is 32.9 Å². The first-order valence-electron chi connectivity index (χ1n) is 11.6. The van der Waals surface area contributed by atoms with Crippen LogP contribution in [0.3, 0.4) is 0 Å². The maximum atomic E-state index is 12.5. The lowest BCUT2D eigenvalue weighted by molar-refractivity contribution is -0.180. The lowest BCUT2D eigenvalue weighted by Crippen LogP contribution is -2.48. The molecule has 2 aliphatic heterocycles. The standard InChI is InChI=1S/C22H39N3O5/c1-17(2)28-13-3-10-23-21(27)18-6-11-25(12-7-18)16-20(26)24-19-4-8-22(9-5-19)29-14-15-30-22/h17-19H,3-16H2,1-2H3,(H,23,27)(H,24,26). The molecule has 172 valence electrons. The van der Waals surface area contributed by atoms with Crippen LogP contribution in [0.1, 0.15) is 58.8 Å². The molecule has 0 aromatic carbocycles. The van der Waals surface area contributed by atoms with Gasteiger partial charge in [-0.05, 0) is 59.0 Å². The first-order valence-corrected chi connectivity index (χ1v) is 11.6. The summed E-state index contributed by atoms with van der Waals surface area (Å²) >= 11 is 0. The Labute approximate surface area is 180 Å². The largest absolute Gasteiger partial charge is 0.379 e. The summed E-state index contributed by atoms with van der Waals surface area (Å²) in [4.78, 5) is 26.9. The SMILES string of the molecule is CC(C)OCCCNC(=O)C1CCN(CC(=O)NC2CCC3(CC2)OCCO3)CC1. The molecule has 3 rings (SSSR count). The maximum absolute atomic E-state index is 12.5. The van der Waals surface area contributed by atoms with Crippen molar-refractivity contribution in [3.05, 3.63) is 0 Å². The van der Waals surface area contributed by atoms with Gasteiger partial charge in [0.05, 0.1) is 25.9 Å². The zero-order valence-corrected chi connectivity index (χ0v) is 18.6. The molecule has 1 saturated carbocycles. The Morgan fingerprint density at radius 1 is 1.10 bits per heavy atom. The summed E-state index contributed by atoms with van der Waals surface area (Å²) < 4.78 is 17.0. The fourth-order valence-electron chi connectivity index (χ4n) is 4.56. The minimum absolute atomic E-state index is 0.0521. The third-order valence-electron chi connectivity index (χ3n) is 6.32. The van der Waals surface area contributed by atoms with Gasteiger partial charge in [-0.15, -0.1) is 0 Å². The molecule has 0 radical (unpaired) electrons. The summed E-state index contributed by atoms with van der Waals surface area (Å²) in [6.45, 7) is 8.70. The number of rotatable bonds is 9. The molecule has 1 spiro atoms. The van der Waals surface area contributed by atoms with Crippen LogP contribution >= 0.6 is 0 Å². The van der Waals surface area contributed by atoms with Gasteiger partial charge in [-0.1, -0.05) is 0 Å². The zero-order chi connectivity index (χ0) is 21.4. The fraction of sp³-hybridized carbons (Fsp3) is 0.909. The number of piperidine rings is 1. The lowest BCUT2D eigenvalue weighted by Gasteiger charge is -2.36. The molecule has 3 aliphatic rings. The van der Waals surface area contributed by atoms with Crippen molar-refractivity contribution >= 4 is 11.8 Å². The topological polar surface area (TPSA) is 89.1 Å². The summed E-state index contributed by atoms with van der Waals surface area (Å²) in [6, 6.07) is 0.207. The Balaban J connectivity index is 1.26. The molecule has 0 bridgehead atoms. The molecule has 2 heterocycles. The molecule has 2 saturated heterocycles. The number of amides is 2. The Morgan fingerprint density at radius 3 is 2.40 bits per heavy atom. The van der Waals surface area contributed by atoms with Crippen molar-refractivity contribution in [1.82, 2.24) is 15.5 Å².